The summed E-state index contributed by atoms with van der Waals surface area (Å²) in [5.41, 5.74) is 7.05. The highest BCUT2D eigenvalue weighted by atomic mass is 79.9. The zero-order valence-electron chi connectivity index (χ0n) is 8.11. The van der Waals surface area contributed by atoms with Gasteiger partial charge in [0, 0.05) is 36.6 Å². The lowest BCUT2D eigenvalue weighted by Gasteiger charge is -2.02. The van der Waals surface area contributed by atoms with Gasteiger partial charge < -0.3 is 5.73 Å². The van der Waals surface area contributed by atoms with E-state index in [0.29, 0.717) is 5.82 Å². The Morgan fingerprint density at radius 2 is 2.19 bits per heavy atom. The van der Waals surface area contributed by atoms with Crippen LogP contribution in [0.2, 0.25) is 0 Å². The molecule has 0 aliphatic rings. The van der Waals surface area contributed by atoms with Gasteiger partial charge in [-0.05, 0) is 27.4 Å². The maximum absolute atomic E-state index is 5.89. The van der Waals surface area contributed by atoms with Crippen molar-refractivity contribution in [2.75, 3.05) is 5.73 Å². The molecule has 3 rings (SSSR count). The molecule has 0 fully saturated rings. The zero-order valence-corrected chi connectivity index (χ0v) is 11.3. The van der Waals surface area contributed by atoms with Crippen molar-refractivity contribution < 1.29 is 0 Å². The van der Waals surface area contributed by atoms with Crippen LogP contribution in [0.3, 0.4) is 0 Å². The number of fused-ring (bicyclic) bond motifs is 1. The van der Waals surface area contributed by atoms with Crippen LogP contribution >= 0.6 is 38.6 Å². The molecular formula is C11H7BrN2S2. The summed E-state index contributed by atoms with van der Waals surface area (Å²) in [5, 5.41) is 5.15. The summed E-state index contributed by atoms with van der Waals surface area (Å²) in [4.78, 5) is 5.49. The highest BCUT2D eigenvalue weighted by molar-refractivity contribution is 9.10. The summed E-state index contributed by atoms with van der Waals surface area (Å²) in [6.07, 6.45) is 1.85. The van der Waals surface area contributed by atoms with Gasteiger partial charge in [-0.2, -0.15) is 0 Å². The van der Waals surface area contributed by atoms with Crippen molar-refractivity contribution in [2.24, 2.45) is 0 Å². The number of pyridine rings is 1. The number of halogens is 1. The summed E-state index contributed by atoms with van der Waals surface area (Å²) in [5.74, 6) is 0.587. The molecule has 0 aromatic carbocycles. The number of aromatic nitrogens is 1. The lowest BCUT2D eigenvalue weighted by molar-refractivity contribution is 1.38. The van der Waals surface area contributed by atoms with Gasteiger partial charge in [0.2, 0.25) is 0 Å². The third kappa shape index (κ3) is 1.47. The van der Waals surface area contributed by atoms with Crippen LogP contribution in [-0.2, 0) is 0 Å². The van der Waals surface area contributed by atoms with Gasteiger partial charge in [0.1, 0.15) is 5.82 Å². The first-order valence-electron chi connectivity index (χ1n) is 4.62. The molecule has 0 radical (unpaired) electrons. The first-order valence-corrected chi connectivity index (χ1v) is 7.17. The second-order valence-corrected chi connectivity index (χ2v) is 6.00. The number of nitrogen functional groups attached to an aromatic ring is 1. The highest BCUT2D eigenvalue weighted by Gasteiger charge is 2.12. The fraction of sp³-hybridized carbons (Fsp3) is 0. The van der Waals surface area contributed by atoms with E-state index in [1.165, 1.54) is 9.58 Å². The van der Waals surface area contributed by atoms with Gasteiger partial charge in [-0.15, -0.1) is 22.7 Å². The van der Waals surface area contributed by atoms with Crippen molar-refractivity contribution >= 4 is 54.5 Å². The number of hydrogen-bond donors (Lipinski definition) is 1. The molecule has 2 nitrogen and oxygen atoms in total. The maximum atomic E-state index is 5.89. The third-order valence-electron chi connectivity index (χ3n) is 2.37. The molecule has 0 aliphatic carbocycles. The largest absolute Gasteiger partial charge is 0.383 e. The van der Waals surface area contributed by atoms with Gasteiger partial charge in [0.25, 0.3) is 0 Å². The van der Waals surface area contributed by atoms with Crippen LogP contribution in [-0.4, -0.2) is 4.98 Å². The Morgan fingerprint density at radius 1 is 1.31 bits per heavy atom. The van der Waals surface area contributed by atoms with E-state index in [9.17, 15) is 0 Å². The highest BCUT2D eigenvalue weighted by Crippen LogP contribution is 2.40. The Hall–Kier alpha value is -0.910. The molecule has 3 heterocycles. The average Bonchev–Trinajstić information content (AvgIpc) is 2.89. The van der Waals surface area contributed by atoms with E-state index in [1.54, 1.807) is 22.7 Å². The lowest BCUT2D eigenvalue weighted by atomic mass is 10.2. The minimum atomic E-state index is 0.587. The quantitative estimate of drug-likeness (QED) is 0.725. The van der Waals surface area contributed by atoms with Crippen LogP contribution in [0.5, 0.6) is 0 Å². The Morgan fingerprint density at radius 3 is 2.94 bits per heavy atom. The molecular weight excluding hydrogens is 304 g/mol. The molecule has 0 bridgehead atoms. The predicted octanol–water partition coefficient (Wildman–Crippen LogP) is 4.37. The fourth-order valence-corrected chi connectivity index (χ4v) is 4.22. The second-order valence-electron chi connectivity index (χ2n) is 3.32. The number of nitrogens with zero attached hydrogens (tertiary/aromatic N) is 1. The standard InChI is InChI=1S/C11H7BrN2S2/c12-7-5-16-10-6(8-2-1-3-15-8)4-14-11(13)9(7)10/h1-5H,(H2,13,14). The van der Waals surface area contributed by atoms with Crippen LogP contribution in [0, 0.1) is 0 Å². The van der Waals surface area contributed by atoms with E-state index in [1.807, 2.05) is 12.3 Å². The number of hydrogen-bond acceptors (Lipinski definition) is 4. The van der Waals surface area contributed by atoms with Gasteiger partial charge in [-0.1, -0.05) is 6.07 Å². The van der Waals surface area contributed by atoms with Crippen LogP contribution in [0.4, 0.5) is 5.82 Å². The summed E-state index contributed by atoms with van der Waals surface area (Å²) in [7, 11) is 0. The molecule has 16 heavy (non-hydrogen) atoms. The van der Waals surface area contributed by atoms with Gasteiger partial charge in [0.05, 0.1) is 0 Å². The molecule has 0 aliphatic heterocycles. The minimum Gasteiger partial charge on any atom is -0.383 e. The normalized spacial score (nSPS) is 11.1. The van der Waals surface area contributed by atoms with Crippen LogP contribution in [0.15, 0.2) is 33.6 Å². The van der Waals surface area contributed by atoms with Gasteiger partial charge in [-0.25, -0.2) is 4.98 Å². The van der Waals surface area contributed by atoms with E-state index in [-0.39, 0.29) is 0 Å². The van der Waals surface area contributed by atoms with Crippen molar-refractivity contribution in [3.05, 3.63) is 33.6 Å². The van der Waals surface area contributed by atoms with Crippen molar-refractivity contribution in [3.63, 3.8) is 0 Å². The van der Waals surface area contributed by atoms with Crippen LogP contribution in [0.25, 0.3) is 20.5 Å². The number of thiophene rings is 2. The van der Waals surface area contributed by atoms with Crippen molar-refractivity contribution in [2.45, 2.75) is 0 Å². The average molecular weight is 311 g/mol. The molecule has 5 heteroatoms. The molecule has 0 amide bonds. The molecule has 80 valence electrons. The molecule has 0 unspecified atom stereocenters. The maximum Gasteiger partial charge on any atom is 0.133 e. The van der Waals surface area contributed by atoms with Crippen molar-refractivity contribution in [1.82, 2.24) is 4.98 Å². The zero-order chi connectivity index (χ0) is 11.1. The molecule has 0 saturated carbocycles. The Kier molecular flexibility index (Phi) is 2.46. The summed E-state index contributed by atoms with van der Waals surface area (Å²) in [6, 6.07) is 4.15. The van der Waals surface area contributed by atoms with E-state index in [2.05, 4.69) is 37.7 Å². The first-order chi connectivity index (χ1) is 7.77. The second kappa shape index (κ2) is 3.84. The van der Waals surface area contributed by atoms with E-state index >= 15 is 0 Å². The molecule has 3 aromatic rings. The molecule has 2 N–H and O–H groups in total. The van der Waals surface area contributed by atoms with E-state index < -0.39 is 0 Å². The van der Waals surface area contributed by atoms with Gasteiger partial charge >= 0.3 is 0 Å². The number of anilines is 1. The van der Waals surface area contributed by atoms with Crippen LogP contribution in [0.1, 0.15) is 0 Å². The molecule has 0 saturated heterocycles. The SMILES string of the molecule is Nc1ncc(-c2cccs2)c2scc(Br)c12. The Balaban J connectivity index is 2.39. The number of nitrogens with two attached hydrogens (primary N) is 1. The summed E-state index contributed by atoms with van der Waals surface area (Å²) >= 11 is 6.92. The Labute approximate surface area is 109 Å². The van der Waals surface area contributed by atoms with Crippen molar-refractivity contribution in [1.29, 1.82) is 0 Å². The van der Waals surface area contributed by atoms with E-state index in [4.69, 9.17) is 5.73 Å². The fourth-order valence-electron chi connectivity index (χ4n) is 1.64. The first kappa shape index (κ1) is 10.3. The van der Waals surface area contributed by atoms with E-state index in [0.717, 1.165) is 15.4 Å². The number of rotatable bonds is 1. The summed E-state index contributed by atoms with van der Waals surface area (Å²) in [6.45, 7) is 0. The minimum absolute atomic E-state index is 0.587. The molecule has 3 aromatic heterocycles. The lowest BCUT2D eigenvalue weighted by Crippen LogP contribution is -1.90. The topological polar surface area (TPSA) is 38.9 Å². The Bertz CT molecular complexity index is 643. The van der Waals surface area contributed by atoms with Gasteiger partial charge in [-0.3, -0.25) is 0 Å². The van der Waals surface area contributed by atoms with Gasteiger partial charge in [0.15, 0.2) is 0 Å². The molecule has 0 spiro atoms. The molecule has 0 atom stereocenters. The smallest absolute Gasteiger partial charge is 0.133 e. The van der Waals surface area contributed by atoms with Crippen LogP contribution < -0.4 is 5.73 Å². The van der Waals surface area contributed by atoms with Crippen molar-refractivity contribution in [3.8, 4) is 10.4 Å². The third-order valence-corrected chi connectivity index (χ3v) is 5.21. The predicted molar refractivity (Wildman–Crippen MR) is 75.0 cm³/mol. The summed E-state index contributed by atoms with van der Waals surface area (Å²) < 4.78 is 2.22. The monoisotopic (exact) mass is 310 g/mol.